The topological polar surface area (TPSA) is 78.7 Å². The minimum Gasteiger partial charge on any atom is -0.363 e. The first-order valence-corrected chi connectivity index (χ1v) is 6.18. The quantitative estimate of drug-likeness (QED) is 0.658. The van der Waals surface area contributed by atoms with Crippen LogP contribution in [0.5, 0.6) is 0 Å². The second-order valence-corrected chi connectivity index (χ2v) is 4.53. The summed E-state index contributed by atoms with van der Waals surface area (Å²) in [5, 5.41) is 12.7. The van der Waals surface area contributed by atoms with Crippen LogP contribution in [0.3, 0.4) is 0 Å². The number of rotatable bonds is 3. The molecular formula is C12H15FN4O3. The monoisotopic (exact) mass is 282 g/mol. The fourth-order valence-corrected chi connectivity index (χ4v) is 2.19. The summed E-state index contributed by atoms with van der Waals surface area (Å²) in [6.45, 7) is 3.57. The zero-order valence-electron chi connectivity index (χ0n) is 11.0. The van der Waals surface area contributed by atoms with Gasteiger partial charge in [-0.2, -0.15) is 0 Å². The molecule has 0 aromatic heterocycles. The van der Waals surface area contributed by atoms with E-state index in [2.05, 4.69) is 5.43 Å². The molecule has 20 heavy (non-hydrogen) atoms. The van der Waals surface area contributed by atoms with Gasteiger partial charge < -0.3 is 4.90 Å². The lowest BCUT2D eigenvalue weighted by Gasteiger charge is -2.35. The summed E-state index contributed by atoms with van der Waals surface area (Å²) in [5.41, 5.74) is 2.84. The summed E-state index contributed by atoms with van der Waals surface area (Å²) >= 11 is 0. The predicted octanol–water partition coefficient (Wildman–Crippen LogP) is 0.907. The van der Waals surface area contributed by atoms with E-state index in [1.165, 1.54) is 19.1 Å². The third-order valence-electron chi connectivity index (χ3n) is 3.07. The highest BCUT2D eigenvalue weighted by Crippen LogP contribution is 2.29. The molecule has 0 bridgehead atoms. The number of carbonyl (C=O) groups is 1. The van der Waals surface area contributed by atoms with Gasteiger partial charge in [0.05, 0.1) is 11.0 Å². The predicted molar refractivity (Wildman–Crippen MR) is 70.7 cm³/mol. The number of nitro groups is 1. The molecule has 0 radical (unpaired) electrons. The Morgan fingerprint density at radius 3 is 2.55 bits per heavy atom. The Balaban J connectivity index is 2.11. The van der Waals surface area contributed by atoms with Gasteiger partial charge in [-0.1, -0.05) is 0 Å². The second-order valence-electron chi connectivity index (χ2n) is 4.53. The number of hydrazine groups is 1. The van der Waals surface area contributed by atoms with Crippen molar-refractivity contribution in [3.05, 3.63) is 34.1 Å². The van der Waals surface area contributed by atoms with Crippen molar-refractivity contribution in [2.24, 2.45) is 0 Å². The zero-order valence-corrected chi connectivity index (χ0v) is 11.0. The highest BCUT2D eigenvalue weighted by molar-refractivity contribution is 5.72. The van der Waals surface area contributed by atoms with Crippen LogP contribution in [0.15, 0.2) is 18.2 Å². The van der Waals surface area contributed by atoms with Gasteiger partial charge in [0, 0.05) is 33.1 Å². The first-order valence-electron chi connectivity index (χ1n) is 6.18. The molecule has 0 atom stereocenters. The number of amides is 1. The number of benzene rings is 1. The molecule has 1 saturated heterocycles. The van der Waals surface area contributed by atoms with Gasteiger partial charge in [-0.3, -0.25) is 20.3 Å². The van der Waals surface area contributed by atoms with E-state index in [4.69, 9.17) is 0 Å². The Hall–Kier alpha value is -2.22. The first-order chi connectivity index (χ1) is 9.47. The van der Waals surface area contributed by atoms with Crippen molar-refractivity contribution in [1.29, 1.82) is 0 Å². The van der Waals surface area contributed by atoms with Crippen LogP contribution in [-0.4, -0.2) is 42.0 Å². The molecule has 0 spiro atoms. The number of nitrogens with zero attached hydrogens (tertiary/aromatic N) is 3. The standard InChI is InChI=1S/C12H15FN4O3/c1-9(18)14-16-6-4-15(5-7-16)11-3-2-10(13)8-12(11)17(19)20/h2-3,8H,4-7H2,1H3,(H,14,18). The maximum absolute atomic E-state index is 13.1. The van der Waals surface area contributed by atoms with Gasteiger partial charge in [0.2, 0.25) is 5.91 Å². The molecule has 8 heteroatoms. The minimum atomic E-state index is -0.627. The normalized spacial score (nSPS) is 16.0. The lowest BCUT2D eigenvalue weighted by Crippen LogP contribution is -2.53. The van der Waals surface area contributed by atoms with Crippen molar-refractivity contribution < 1.29 is 14.1 Å². The van der Waals surface area contributed by atoms with Crippen molar-refractivity contribution in [3.63, 3.8) is 0 Å². The van der Waals surface area contributed by atoms with Crippen LogP contribution in [0.2, 0.25) is 0 Å². The van der Waals surface area contributed by atoms with Crippen molar-refractivity contribution in [1.82, 2.24) is 10.4 Å². The molecule has 1 aromatic carbocycles. The molecule has 108 valence electrons. The van der Waals surface area contributed by atoms with Crippen LogP contribution in [0.1, 0.15) is 6.92 Å². The molecule has 0 aliphatic carbocycles. The van der Waals surface area contributed by atoms with Crippen LogP contribution >= 0.6 is 0 Å². The highest BCUT2D eigenvalue weighted by Gasteiger charge is 2.24. The Morgan fingerprint density at radius 1 is 1.35 bits per heavy atom. The lowest BCUT2D eigenvalue weighted by atomic mass is 10.2. The Morgan fingerprint density at radius 2 is 2.00 bits per heavy atom. The molecule has 1 aromatic rings. The number of halogens is 1. The van der Waals surface area contributed by atoms with E-state index in [1.807, 2.05) is 4.90 Å². The van der Waals surface area contributed by atoms with Crippen molar-refractivity contribution in [3.8, 4) is 0 Å². The second kappa shape index (κ2) is 5.83. The fourth-order valence-electron chi connectivity index (χ4n) is 2.19. The third-order valence-corrected chi connectivity index (χ3v) is 3.07. The highest BCUT2D eigenvalue weighted by atomic mass is 19.1. The van der Waals surface area contributed by atoms with Crippen LogP contribution in [-0.2, 0) is 4.79 Å². The molecule has 1 N–H and O–H groups in total. The summed E-state index contributed by atoms with van der Waals surface area (Å²) in [5.74, 6) is -0.774. The van der Waals surface area contributed by atoms with Crippen molar-refractivity contribution >= 4 is 17.3 Å². The van der Waals surface area contributed by atoms with Crippen LogP contribution < -0.4 is 10.3 Å². The average Bonchev–Trinajstić information content (AvgIpc) is 2.39. The van der Waals surface area contributed by atoms with Gasteiger partial charge in [-0.05, 0) is 12.1 Å². The summed E-state index contributed by atoms with van der Waals surface area (Å²) in [6, 6.07) is 3.56. The smallest absolute Gasteiger partial charge is 0.295 e. The van der Waals surface area contributed by atoms with Crippen molar-refractivity contribution in [2.45, 2.75) is 6.92 Å². The van der Waals surface area contributed by atoms with Gasteiger partial charge >= 0.3 is 0 Å². The molecule has 2 rings (SSSR count). The van der Waals surface area contributed by atoms with E-state index < -0.39 is 10.7 Å². The van der Waals surface area contributed by atoms with Crippen LogP contribution in [0, 0.1) is 15.9 Å². The summed E-state index contributed by atoms with van der Waals surface area (Å²) < 4.78 is 13.1. The van der Waals surface area contributed by atoms with Gasteiger partial charge in [0.1, 0.15) is 11.5 Å². The number of piperazine rings is 1. The van der Waals surface area contributed by atoms with E-state index in [1.54, 1.807) is 5.01 Å². The molecule has 1 aliphatic heterocycles. The van der Waals surface area contributed by atoms with Gasteiger partial charge in [0.15, 0.2) is 0 Å². The fraction of sp³-hybridized carbons (Fsp3) is 0.417. The van der Waals surface area contributed by atoms with Gasteiger partial charge in [-0.25, -0.2) is 9.40 Å². The maximum Gasteiger partial charge on any atom is 0.295 e. The molecular weight excluding hydrogens is 267 g/mol. The Kier molecular flexibility index (Phi) is 4.14. The summed E-state index contributed by atoms with van der Waals surface area (Å²) in [7, 11) is 0. The third kappa shape index (κ3) is 3.21. The lowest BCUT2D eigenvalue weighted by molar-refractivity contribution is -0.384. The minimum absolute atomic E-state index is 0.147. The largest absolute Gasteiger partial charge is 0.363 e. The van der Waals surface area contributed by atoms with E-state index in [-0.39, 0.29) is 11.6 Å². The molecule has 1 heterocycles. The average molecular weight is 282 g/mol. The van der Waals surface area contributed by atoms with E-state index in [0.717, 1.165) is 6.07 Å². The molecule has 1 aliphatic rings. The van der Waals surface area contributed by atoms with E-state index >= 15 is 0 Å². The first kappa shape index (κ1) is 14.2. The number of nitrogens with one attached hydrogen (secondary N) is 1. The van der Waals surface area contributed by atoms with Crippen molar-refractivity contribution in [2.75, 3.05) is 31.1 Å². The maximum atomic E-state index is 13.1. The van der Waals surface area contributed by atoms with E-state index in [0.29, 0.717) is 31.9 Å². The number of anilines is 1. The van der Waals surface area contributed by atoms with Gasteiger partial charge in [0.25, 0.3) is 5.69 Å². The molecule has 7 nitrogen and oxygen atoms in total. The van der Waals surface area contributed by atoms with Crippen LogP contribution in [0.25, 0.3) is 0 Å². The molecule has 1 fully saturated rings. The Bertz CT molecular complexity index is 529. The summed E-state index contributed by atoms with van der Waals surface area (Å²) in [4.78, 5) is 23.1. The van der Waals surface area contributed by atoms with Crippen LogP contribution in [0.4, 0.5) is 15.8 Å². The number of hydrogen-bond donors (Lipinski definition) is 1. The molecule has 1 amide bonds. The van der Waals surface area contributed by atoms with Gasteiger partial charge in [-0.15, -0.1) is 0 Å². The number of carbonyl (C=O) groups excluding carboxylic acids is 1. The number of nitro benzene ring substituents is 1. The molecule has 0 unspecified atom stereocenters. The van der Waals surface area contributed by atoms with E-state index in [9.17, 15) is 19.3 Å². The zero-order chi connectivity index (χ0) is 14.7. The number of hydrogen-bond acceptors (Lipinski definition) is 5. The Labute approximate surface area is 115 Å². The SMILES string of the molecule is CC(=O)NN1CCN(c2ccc(F)cc2[N+](=O)[O-])CC1. The summed E-state index contributed by atoms with van der Waals surface area (Å²) in [6.07, 6.45) is 0. The molecule has 0 saturated carbocycles.